The first-order valence-corrected chi connectivity index (χ1v) is 6.12. The SMILES string of the molecule is N#Cc1ccc(NC(=O)C2(C(=O)O)CCC2)c(Cl)c1. The van der Waals surface area contributed by atoms with Crippen LogP contribution in [-0.4, -0.2) is 17.0 Å². The third kappa shape index (κ3) is 2.27. The van der Waals surface area contributed by atoms with E-state index in [-0.39, 0.29) is 5.02 Å². The Balaban J connectivity index is 2.20. The fourth-order valence-electron chi connectivity index (χ4n) is 2.00. The zero-order valence-electron chi connectivity index (χ0n) is 9.94. The standard InChI is InChI=1S/C13H11ClN2O3/c14-9-6-8(7-15)2-3-10(9)16-11(17)13(12(18)19)4-1-5-13/h2-3,6H,1,4-5H2,(H,16,17)(H,18,19). The van der Waals surface area contributed by atoms with Gasteiger partial charge in [-0.2, -0.15) is 5.26 Å². The minimum atomic E-state index is -1.34. The predicted molar refractivity (Wildman–Crippen MR) is 68.7 cm³/mol. The van der Waals surface area contributed by atoms with E-state index >= 15 is 0 Å². The van der Waals surface area contributed by atoms with Crippen LogP contribution in [-0.2, 0) is 9.59 Å². The highest BCUT2D eigenvalue weighted by Gasteiger charge is 2.51. The number of nitrogens with one attached hydrogen (secondary N) is 1. The van der Waals surface area contributed by atoms with Crippen LogP contribution in [0.15, 0.2) is 18.2 Å². The van der Waals surface area contributed by atoms with Crippen molar-refractivity contribution in [3.8, 4) is 6.07 Å². The van der Waals surface area contributed by atoms with Crippen LogP contribution in [0.1, 0.15) is 24.8 Å². The van der Waals surface area contributed by atoms with Crippen LogP contribution in [0.2, 0.25) is 5.02 Å². The number of carboxylic acids is 1. The number of carboxylic acid groups (broad SMARTS) is 1. The van der Waals surface area contributed by atoms with E-state index in [1.807, 2.05) is 6.07 Å². The number of carbonyl (C=O) groups is 2. The van der Waals surface area contributed by atoms with Gasteiger partial charge in [-0.1, -0.05) is 18.0 Å². The van der Waals surface area contributed by atoms with Gasteiger partial charge in [0, 0.05) is 0 Å². The zero-order valence-corrected chi connectivity index (χ0v) is 10.7. The molecule has 1 aliphatic carbocycles. The van der Waals surface area contributed by atoms with Gasteiger partial charge in [0.1, 0.15) is 5.41 Å². The molecule has 0 radical (unpaired) electrons. The Morgan fingerprint density at radius 3 is 2.53 bits per heavy atom. The summed E-state index contributed by atoms with van der Waals surface area (Å²) in [5, 5.41) is 20.6. The molecule has 1 aromatic rings. The van der Waals surface area contributed by atoms with Crippen molar-refractivity contribution in [2.45, 2.75) is 19.3 Å². The number of hydrogen-bond acceptors (Lipinski definition) is 3. The van der Waals surface area contributed by atoms with Gasteiger partial charge in [-0.15, -0.1) is 0 Å². The van der Waals surface area contributed by atoms with E-state index in [4.69, 9.17) is 22.0 Å². The Kier molecular flexibility index (Phi) is 3.45. The summed E-state index contributed by atoms with van der Waals surface area (Å²) < 4.78 is 0. The smallest absolute Gasteiger partial charge is 0.319 e. The average molecular weight is 279 g/mol. The lowest BCUT2D eigenvalue weighted by atomic mass is 9.68. The summed E-state index contributed by atoms with van der Waals surface area (Å²) in [6, 6.07) is 6.35. The molecule has 0 aromatic heterocycles. The van der Waals surface area contributed by atoms with Gasteiger partial charge in [0.25, 0.3) is 0 Å². The van der Waals surface area contributed by atoms with Gasteiger partial charge in [0.15, 0.2) is 0 Å². The van der Waals surface area contributed by atoms with Gasteiger partial charge in [-0.3, -0.25) is 9.59 Å². The first-order valence-electron chi connectivity index (χ1n) is 5.74. The number of rotatable bonds is 3. The summed E-state index contributed by atoms with van der Waals surface area (Å²) in [4.78, 5) is 23.2. The van der Waals surface area contributed by atoms with Crippen LogP contribution in [0, 0.1) is 16.7 Å². The van der Waals surface area contributed by atoms with E-state index in [1.165, 1.54) is 18.2 Å². The Hall–Kier alpha value is -2.06. The summed E-state index contributed by atoms with van der Waals surface area (Å²) in [6.07, 6.45) is 1.39. The molecule has 1 amide bonds. The third-order valence-electron chi connectivity index (χ3n) is 3.40. The van der Waals surface area contributed by atoms with Gasteiger partial charge in [0.05, 0.1) is 22.3 Å². The summed E-state index contributed by atoms with van der Waals surface area (Å²) in [5.74, 6) is -1.67. The molecule has 5 nitrogen and oxygen atoms in total. The van der Waals surface area contributed by atoms with E-state index in [9.17, 15) is 9.59 Å². The van der Waals surface area contributed by atoms with Crippen molar-refractivity contribution >= 4 is 29.2 Å². The van der Waals surface area contributed by atoms with Crippen LogP contribution in [0.5, 0.6) is 0 Å². The topological polar surface area (TPSA) is 90.2 Å². The van der Waals surface area contributed by atoms with Crippen LogP contribution < -0.4 is 5.32 Å². The number of halogens is 1. The molecule has 98 valence electrons. The van der Waals surface area contributed by atoms with Crippen molar-refractivity contribution < 1.29 is 14.7 Å². The number of amides is 1. The quantitative estimate of drug-likeness (QED) is 0.831. The highest BCUT2D eigenvalue weighted by molar-refractivity contribution is 6.34. The van der Waals surface area contributed by atoms with Gasteiger partial charge in [0.2, 0.25) is 5.91 Å². The van der Waals surface area contributed by atoms with E-state index in [0.717, 1.165) is 6.42 Å². The molecule has 2 rings (SSSR count). The lowest BCUT2D eigenvalue weighted by Crippen LogP contribution is -2.48. The van der Waals surface area contributed by atoms with E-state index in [1.54, 1.807) is 0 Å². The molecule has 0 unspecified atom stereocenters. The number of nitriles is 1. The lowest BCUT2D eigenvalue weighted by molar-refractivity contribution is -0.159. The van der Waals surface area contributed by atoms with E-state index < -0.39 is 17.3 Å². The molecule has 0 bridgehead atoms. The summed E-state index contributed by atoms with van der Waals surface area (Å²) in [6.45, 7) is 0. The molecular formula is C13H11ClN2O3. The Morgan fingerprint density at radius 2 is 2.11 bits per heavy atom. The van der Waals surface area contributed by atoms with Crippen molar-refractivity contribution in [3.05, 3.63) is 28.8 Å². The summed E-state index contributed by atoms with van der Waals surface area (Å²) in [7, 11) is 0. The molecule has 0 aliphatic heterocycles. The van der Waals surface area contributed by atoms with Crippen molar-refractivity contribution in [2.24, 2.45) is 5.41 Å². The first kappa shape index (κ1) is 13.4. The number of hydrogen-bond donors (Lipinski definition) is 2. The maximum atomic E-state index is 12.0. The number of nitrogens with zero attached hydrogens (tertiary/aromatic N) is 1. The lowest BCUT2D eigenvalue weighted by Gasteiger charge is -2.35. The van der Waals surface area contributed by atoms with E-state index in [2.05, 4.69) is 5.32 Å². The summed E-state index contributed by atoms with van der Waals surface area (Å²) >= 11 is 5.93. The van der Waals surface area contributed by atoms with Crippen LogP contribution in [0.3, 0.4) is 0 Å². The molecule has 0 atom stereocenters. The maximum absolute atomic E-state index is 12.0. The minimum Gasteiger partial charge on any atom is -0.480 e. The monoisotopic (exact) mass is 278 g/mol. The molecule has 2 N–H and O–H groups in total. The van der Waals surface area contributed by atoms with Gasteiger partial charge in [-0.25, -0.2) is 0 Å². The van der Waals surface area contributed by atoms with Crippen molar-refractivity contribution in [1.82, 2.24) is 0 Å². The second-order valence-electron chi connectivity index (χ2n) is 4.50. The van der Waals surface area contributed by atoms with Crippen LogP contribution >= 0.6 is 11.6 Å². The molecule has 6 heteroatoms. The normalized spacial score (nSPS) is 16.0. The number of aliphatic carboxylic acids is 1. The molecule has 0 heterocycles. The van der Waals surface area contributed by atoms with E-state index in [0.29, 0.717) is 24.1 Å². The number of benzene rings is 1. The van der Waals surface area contributed by atoms with Gasteiger partial charge < -0.3 is 10.4 Å². The largest absolute Gasteiger partial charge is 0.480 e. The summed E-state index contributed by atoms with van der Waals surface area (Å²) in [5.41, 5.74) is -0.644. The zero-order chi connectivity index (χ0) is 14.0. The number of anilines is 1. The Bertz CT molecular complexity index is 588. The molecule has 1 aliphatic rings. The predicted octanol–water partition coefficient (Wildman–Crippen LogP) is 2.41. The Labute approximate surface area is 114 Å². The molecular weight excluding hydrogens is 268 g/mol. The molecule has 19 heavy (non-hydrogen) atoms. The maximum Gasteiger partial charge on any atom is 0.319 e. The van der Waals surface area contributed by atoms with Crippen molar-refractivity contribution in [3.63, 3.8) is 0 Å². The third-order valence-corrected chi connectivity index (χ3v) is 3.71. The molecule has 1 aromatic carbocycles. The second-order valence-corrected chi connectivity index (χ2v) is 4.91. The molecule has 1 saturated carbocycles. The fraction of sp³-hybridized carbons (Fsp3) is 0.308. The number of carbonyl (C=O) groups excluding carboxylic acids is 1. The van der Waals surface area contributed by atoms with Crippen LogP contribution in [0.25, 0.3) is 0 Å². The van der Waals surface area contributed by atoms with Gasteiger partial charge >= 0.3 is 5.97 Å². The molecule has 0 saturated heterocycles. The minimum absolute atomic E-state index is 0.215. The second kappa shape index (κ2) is 4.90. The first-order chi connectivity index (χ1) is 8.99. The van der Waals surface area contributed by atoms with Crippen molar-refractivity contribution in [1.29, 1.82) is 5.26 Å². The molecule has 0 spiro atoms. The Morgan fingerprint density at radius 1 is 1.42 bits per heavy atom. The van der Waals surface area contributed by atoms with Crippen LogP contribution in [0.4, 0.5) is 5.69 Å². The highest BCUT2D eigenvalue weighted by Crippen LogP contribution is 2.42. The highest BCUT2D eigenvalue weighted by atomic mass is 35.5. The molecule has 1 fully saturated rings. The fourth-order valence-corrected chi connectivity index (χ4v) is 2.22. The van der Waals surface area contributed by atoms with Gasteiger partial charge in [-0.05, 0) is 31.0 Å². The van der Waals surface area contributed by atoms with Crippen molar-refractivity contribution in [2.75, 3.05) is 5.32 Å². The average Bonchev–Trinajstić information content (AvgIpc) is 2.29.